The SMILES string of the molecule is CCc1nncn1CCNC(=NCc1ccc(F)cc1)NC1CCc2ccccc2C1.I. The molecule has 0 bridgehead atoms. The maximum Gasteiger partial charge on any atom is 0.191 e. The van der Waals surface area contributed by atoms with Crippen LogP contribution in [-0.4, -0.2) is 33.3 Å². The standard InChI is InChI=1S/C24H29FN6.HI/c1-2-23-30-28-17-31(23)14-13-26-24(27-16-18-7-10-21(25)11-8-18)29-22-12-9-19-5-3-4-6-20(19)15-22;/h3-8,10-11,17,22H,2,9,12-16H2,1H3,(H2,26,27,29);1H. The molecule has 1 aliphatic carbocycles. The van der Waals surface area contributed by atoms with Crippen molar-refractivity contribution in [3.8, 4) is 0 Å². The maximum atomic E-state index is 13.2. The van der Waals surface area contributed by atoms with Crippen LogP contribution in [0.1, 0.15) is 35.9 Å². The van der Waals surface area contributed by atoms with E-state index in [2.05, 4.69) is 56.6 Å². The minimum Gasteiger partial charge on any atom is -0.355 e. The number of aliphatic imine (C=N–C) groups is 1. The first-order valence-corrected chi connectivity index (χ1v) is 10.9. The largest absolute Gasteiger partial charge is 0.355 e. The van der Waals surface area contributed by atoms with Gasteiger partial charge in [-0.2, -0.15) is 0 Å². The molecule has 0 saturated heterocycles. The Labute approximate surface area is 205 Å². The third kappa shape index (κ3) is 6.51. The molecule has 6 nitrogen and oxygen atoms in total. The number of benzene rings is 2. The van der Waals surface area contributed by atoms with Gasteiger partial charge in [-0.3, -0.25) is 0 Å². The van der Waals surface area contributed by atoms with Crippen LogP contribution in [0.15, 0.2) is 59.9 Å². The summed E-state index contributed by atoms with van der Waals surface area (Å²) >= 11 is 0. The predicted octanol–water partition coefficient (Wildman–Crippen LogP) is 3.89. The molecule has 2 N–H and O–H groups in total. The molecule has 1 unspecified atom stereocenters. The van der Waals surface area contributed by atoms with Crippen molar-refractivity contribution in [3.63, 3.8) is 0 Å². The smallest absolute Gasteiger partial charge is 0.191 e. The molecule has 1 heterocycles. The number of guanidine groups is 1. The number of halogens is 2. The first-order chi connectivity index (χ1) is 15.2. The maximum absolute atomic E-state index is 13.2. The average Bonchev–Trinajstić information content (AvgIpc) is 3.26. The molecule has 0 aliphatic heterocycles. The number of nitrogens with zero attached hydrogens (tertiary/aromatic N) is 4. The molecule has 1 aliphatic rings. The number of hydrogen-bond acceptors (Lipinski definition) is 3. The zero-order chi connectivity index (χ0) is 21.5. The molecule has 1 aromatic heterocycles. The van der Waals surface area contributed by atoms with Crippen molar-refractivity contribution in [1.82, 2.24) is 25.4 Å². The van der Waals surface area contributed by atoms with Crippen molar-refractivity contribution in [2.24, 2.45) is 4.99 Å². The summed E-state index contributed by atoms with van der Waals surface area (Å²) in [7, 11) is 0. The Balaban J connectivity index is 0.00000289. The summed E-state index contributed by atoms with van der Waals surface area (Å²) in [6.45, 7) is 4.04. The minimum atomic E-state index is -0.231. The summed E-state index contributed by atoms with van der Waals surface area (Å²) < 4.78 is 15.3. The molecule has 3 aromatic rings. The fourth-order valence-electron chi connectivity index (χ4n) is 3.96. The van der Waals surface area contributed by atoms with Crippen LogP contribution in [-0.2, 0) is 32.4 Å². The van der Waals surface area contributed by atoms with Gasteiger partial charge in [0.2, 0.25) is 0 Å². The third-order valence-corrected chi connectivity index (χ3v) is 5.68. The van der Waals surface area contributed by atoms with Gasteiger partial charge in [0.05, 0.1) is 6.54 Å². The van der Waals surface area contributed by atoms with E-state index in [-0.39, 0.29) is 29.8 Å². The van der Waals surface area contributed by atoms with Crippen LogP contribution in [0, 0.1) is 5.82 Å². The van der Waals surface area contributed by atoms with E-state index >= 15 is 0 Å². The highest BCUT2D eigenvalue weighted by molar-refractivity contribution is 14.0. The molecule has 0 saturated carbocycles. The van der Waals surface area contributed by atoms with Gasteiger partial charge in [0, 0.05) is 25.6 Å². The monoisotopic (exact) mass is 548 g/mol. The van der Waals surface area contributed by atoms with Crippen molar-refractivity contribution in [3.05, 3.63) is 83.2 Å². The molecule has 8 heteroatoms. The summed E-state index contributed by atoms with van der Waals surface area (Å²) in [6.07, 6.45) is 5.74. The lowest BCUT2D eigenvalue weighted by atomic mass is 9.88. The molecule has 4 rings (SSSR count). The van der Waals surface area contributed by atoms with Gasteiger partial charge in [0.1, 0.15) is 18.0 Å². The fourth-order valence-corrected chi connectivity index (χ4v) is 3.96. The van der Waals surface area contributed by atoms with Gasteiger partial charge in [0.15, 0.2) is 5.96 Å². The second-order valence-electron chi connectivity index (χ2n) is 7.86. The van der Waals surface area contributed by atoms with Crippen LogP contribution in [0.3, 0.4) is 0 Å². The van der Waals surface area contributed by atoms with E-state index in [0.717, 1.165) is 49.6 Å². The minimum absolute atomic E-state index is 0. The van der Waals surface area contributed by atoms with E-state index in [0.29, 0.717) is 19.1 Å². The van der Waals surface area contributed by atoms with E-state index in [4.69, 9.17) is 4.99 Å². The van der Waals surface area contributed by atoms with Gasteiger partial charge in [-0.25, -0.2) is 9.38 Å². The van der Waals surface area contributed by atoms with Crippen molar-refractivity contribution in [1.29, 1.82) is 0 Å². The van der Waals surface area contributed by atoms with Crippen molar-refractivity contribution < 1.29 is 4.39 Å². The second kappa shape index (κ2) is 11.9. The lowest BCUT2D eigenvalue weighted by Crippen LogP contribution is -2.46. The first-order valence-electron chi connectivity index (χ1n) is 10.9. The normalized spacial score (nSPS) is 15.6. The van der Waals surface area contributed by atoms with Gasteiger partial charge >= 0.3 is 0 Å². The fraction of sp³-hybridized carbons (Fsp3) is 0.375. The van der Waals surface area contributed by atoms with Crippen molar-refractivity contribution in [2.45, 2.75) is 51.7 Å². The Hall–Kier alpha value is -2.49. The Morgan fingerprint density at radius 1 is 1.16 bits per heavy atom. The summed E-state index contributed by atoms with van der Waals surface area (Å²) in [4.78, 5) is 4.77. The van der Waals surface area contributed by atoms with Crippen molar-refractivity contribution in [2.75, 3.05) is 6.54 Å². The summed E-state index contributed by atoms with van der Waals surface area (Å²) in [5.74, 6) is 1.52. The van der Waals surface area contributed by atoms with E-state index < -0.39 is 0 Å². The number of aryl methyl sites for hydroxylation is 2. The molecule has 0 radical (unpaired) electrons. The van der Waals surface area contributed by atoms with E-state index in [9.17, 15) is 4.39 Å². The van der Waals surface area contributed by atoms with Crippen LogP contribution in [0.4, 0.5) is 4.39 Å². The number of fused-ring (bicyclic) bond motifs is 1. The molecule has 32 heavy (non-hydrogen) atoms. The van der Waals surface area contributed by atoms with E-state index in [1.807, 2.05) is 0 Å². The summed E-state index contributed by atoms with van der Waals surface area (Å²) in [5.41, 5.74) is 3.82. The van der Waals surface area contributed by atoms with Gasteiger partial charge in [0.25, 0.3) is 0 Å². The van der Waals surface area contributed by atoms with Crippen LogP contribution in [0.5, 0.6) is 0 Å². The van der Waals surface area contributed by atoms with E-state index in [1.54, 1.807) is 18.5 Å². The highest BCUT2D eigenvalue weighted by atomic mass is 127. The number of aromatic nitrogens is 3. The first kappa shape index (κ1) is 24.2. The lowest BCUT2D eigenvalue weighted by Gasteiger charge is -2.27. The molecule has 0 amide bonds. The van der Waals surface area contributed by atoms with Gasteiger partial charge in [-0.15, -0.1) is 34.2 Å². The van der Waals surface area contributed by atoms with Crippen LogP contribution >= 0.6 is 24.0 Å². The molecule has 1 atom stereocenters. The van der Waals surface area contributed by atoms with Crippen LogP contribution in [0.25, 0.3) is 0 Å². The highest BCUT2D eigenvalue weighted by Gasteiger charge is 2.19. The third-order valence-electron chi connectivity index (χ3n) is 5.68. The Kier molecular flexibility index (Phi) is 9.01. The summed E-state index contributed by atoms with van der Waals surface area (Å²) in [6, 6.07) is 15.5. The zero-order valence-corrected chi connectivity index (χ0v) is 20.6. The molecule has 0 spiro atoms. The number of nitrogens with one attached hydrogen (secondary N) is 2. The number of rotatable bonds is 7. The summed E-state index contributed by atoms with van der Waals surface area (Å²) in [5, 5.41) is 15.2. The molecular formula is C24H30FIN6. The topological polar surface area (TPSA) is 67.1 Å². The second-order valence-corrected chi connectivity index (χ2v) is 7.86. The predicted molar refractivity (Wildman–Crippen MR) is 136 cm³/mol. The van der Waals surface area contributed by atoms with Gasteiger partial charge < -0.3 is 15.2 Å². The Morgan fingerprint density at radius 3 is 2.72 bits per heavy atom. The lowest BCUT2D eigenvalue weighted by molar-refractivity contribution is 0.517. The molecule has 0 fully saturated rings. The Morgan fingerprint density at radius 2 is 1.94 bits per heavy atom. The van der Waals surface area contributed by atoms with Crippen molar-refractivity contribution >= 4 is 29.9 Å². The quantitative estimate of drug-likeness (QED) is 0.267. The van der Waals surface area contributed by atoms with Crippen LogP contribution < -0.4 is 10.6 Å². The highest BCUT2D eigenvalue weighted by Crippen LogP contribution is 2.21. The van der Waals surface area contributed by atoms with E-state index in [1.165, 1.54) is 23.3 Å². The van der Waals surface area contributed by atoms with Gasteiger partial charge in [-0.05, 0) is 48.1 Å². The molecule has 170 valence electrons. The molecule has 2 aromatic carbocycles. The Bertz CT molecular complexity index is 1020. The average molecular weight is 548 g/mol. The molecular weight excluding hydrogens is 518 g/mol. The number of hydrogen-bond donors (Lipinski definition) is 2. The zero-order valence-electron chi connectivity index (χ0n) is 18.3. The van der Waals surface area contributed by atoms with Gasteiger partial charge in [-0.1, -0.05) is 43.3 Å². The van der Waals surface area contributed by atoms with Crippen LogP contribution in [0.2, 0.25) is 0 Å².